The third-order valence-corrected chi connectivity index (χ3v) is 4.70. The van der Waals surface area contributed by atoms with Crippen LogP contribution in [0.3, 0.4) is 0 Å². The van der Waals surface area contributed by atoms with E-state index in [1.807, 2.05) is 37.4 Å². The van der Waals surface area contributed by atoms with Gasteiger partial charge in [-0.05, 0) is 42.7 Å². The molecule has 0 aliphatic rings. The average molecular weight is 327 g/mol. The molecule has 0 saturated carbocycles. The van der Waals surface area contributed by atoms with E-state index in [0.29, 0.717) is 12.8 Å². The second kappa shape index (κ2) is 6.75. The minimum Gasteiger partial charge on any atom is -0.481 e. The van der Waals surface area contributed by atoms with Gasteiger partial charge < -0.3 is 5.11 Å². The highest BCUT2D eigenvalue weighted by Gasteiger charge is 2.11. The maximum Gasteiger partial charge on any atom is 0.303 e. The second-order valence-electron chi connectivity index (χ2n) is 5.28. The number of carboxylic acid groups (broad SMARTS) is 1. The van der Waals surface area contributed by atoms with Crippen LogP contribution in [0, 0.1) is 0 Å². The summed E-state index contributed by atoms with van der Waals surface area (Å²) in [5.74, 6) is -0.769. The molecule has 0 fully saturated rings. The summed E-state index contributed by atoms with van der Waals surface area (Å²) < 4.78 is 2.93. The van der Waals surface area contributed by atoms with Crippen LogP contribution in [-0.4, -0.2) is 25.8 Å². The lowest BCUT2D eigenvalue weighted by Gasteiger charge is -2.04. The molecule has 0 aliphatic heterocycles. The number of hydrogen-bond acceptors (Lipinski definition) is 4. The number of carboxylic acids is 1. The van der Waals surface area contributed by atoms with E-state index in [4.69, 9.17) is 10.1 Å². The van der Waals surface area contributed by atoms with Crippen LogP contribution in [0.5, 0.6) is 0 Å². The highest BCUT2D eigenvalue weighted by atomic mass is 32.1. The Balaban J connectivity index is 1.95. The van der Waals surface area contributed by atoms with Crippen molar-refractivity contribution < 1.29 is 9.90 Å². The predicted molar refractivity (Wildman–Crippen MR) is 92.2 cm³/mol. The summed E-state index contributed by atoms with van der Waals surface area (Å²) in [5, 5.41) is 14.0. The highest BCUT2D eigenvalue weighted by Crippen LogP contribution is 2.31. The van der Waals surface area contributed by atoms with Gasteiger partial charge >= 0.3 is 5.97 Å². The van der Waals surface area contributed by atoms with Crippen molar-refractivity contribution in [2.24, 2.45) is 7.05 Å². The average Bonchev–Trinajstić information content (AvgIpc) is 3.12. The van der Waals surface area contributed by atoms with Crippen LogP contribution in [-0.2, 0) is 11.8 Å². The molecule has 0 bridgehead atoms. The zero-order valence-electron chi connectivity index (χ0n) is 12.8. The van der Waals surface area contributed by atoms with E-state index in [9.17, 15) is 4.79 Å². The van der Waals surface area contributed by atoms with Gasteiger partial charge in [-0.2, -0.15) is 5.10 Å². The van der Waals surface area contributed by atoms with Gasteiger partial charge in [-0.15, -0.1) is 11.3 Å². The number of para-hydroxylation sites is 1. The van der Waals surface area contributed by atoms with Crippen molar-refractivity contribution in [1.29, 1.82) is 0 Å². The Morgan fingerprint density at radius 2 is 2.13 bits per heavy atom. The van der Waals surface area contributed by atoms with Crippen LogP contribution in [0.15, 0.2) is 36.5 Å². The van der Waals surface area contributed by atoms with E-state index in [1.165, 1.54) is 0 Å². The van der Waals surface area contributed by atoms with Crippen LogP contribution in [0.1, 0.15) is 30.0 Å². The molecular formula is C17H17N3O2S. The number of allylic oxidation sites excluding steroid dienone is 1. The normalized spacial score (nSPS) is 12.0. The number of rotatable bonds is 6. The highest BCUT2D eigenvalue weighted by molar-refractivity contribution is 7.19. The van der Waals surface area contributed by atoms with Crippen LogP contribution in [0.4, 0.5) is 0 Å². The zero-order chi connectivity index (χ0) is 16.2. The van der Waals surface area contributed by atoms with E-state index in [0.717, 1.165) is 26.5 Å². The summed E-state index contributed by atoms with van der Waals surface area (Å²) in [7, 11) is 1.89. The predicted octanol–water partition coefficient (Wildman–Crippen LogP) is 3.83. The van der Waals surface area contributed by atoms with Gasteiger partial charge in [0.15, 0.2) is 0 Å². The molecular weight excluding hydrogens is 310 g/mol. The molecule has 3 aromatic rings. The number of benzene rings is 1. The summed E-state index contributed by atoms with van der Waals surface area (Å²) in [6, 6.07) is 9.95. The Kier molecular flexibility index (Phi) is 4.52. The minimum absolute atomic E-state index is 0.160. The summed E-state index contributed by atoms with van der Waals surface area (Å²) in [5.41, 5.74) is 3.01. The van der Waals surface area contributed by atoms with Crippen molar-refractivity contribution in [2.75, 3.05) is 0 Å². The fourth-order valence-electron chi connectivity index (χ4n) is 2.38. The van der Waals surface area contributed by atoms with Crippen LogP contribution in [0.25, 0.3) is 21.9 Å². The number of hydrogen-bond donors (Lipinski definition) is 1. The van der Waals surface area contributed by atoms with Gasteiger partial charge in [-0.1, -0.05) is 12.1 Å². The van der Waals surface area contributed by atoms with Gasteiger partial charge in [0.2, 0.25) is 0 Å². The lowest BCUT2D eigenvalue weighted by Crippen LogP contribution is -1.96. The third-order valence-electron chi connectivity index (χ3n) is 3.59. The number of aliphatic carboxylic acids is 1. The standard InChI is InChI=1S/C17H17N3O2S/c1-20-13(9-10-18-20)11-12(5-4-8-16(21)22)17-19-14-6-2-3-7-15(14)23-17/h2-3,6-7,9-11H,4-5,8H2,1H3,(H,21,22). The Morgan fingerprint density at radius 1 is 1.30 bits per heavy atom. The molecule has 6 heteroatoms. The largest absolute Gasteiger partial charge is 0.481 e. The second-order valence-corrected chi connectivity index (χ2v) is 6.31. The van der Waals surface area contributed by atoms with Gasteiger partial charge in [0.25, 0.3) is 0 Å². The number of carbonyl (C=O) groups is 1. The Labute approximate surface area is 137 Å². The topological polar surface area (TPSA) is 68.0 Å². The SMILES string of the molecule is Cn1nccc1C=C(CCCC(=O)O)c1nc2ccccc2s1. The van der Waals surface area contributed by atoms with E-state index >= 15 is 0 Å². The quantitative estimate of drug-likeness (QED) is 0.747. The maximum absolute atomic E-state index is 10.8. The molecule has 2 heterocycles. The lowest BCUT2D eigenvalue weighted by atomic mass is 10.1. The first-order valence-electron chi connectivity index (χ1n) is 7.40. The molecule has 0 radical (unpaired) electrons. The van der Waals surface area contributed by atoms with Crippen LogP contribution in [0.2, 0.25) is 0 Å². The first kappa shape index (κ1) is 15.4. The molecule has 118 valence electrons. The number of aryl methyl sites for hydroxylation is 1. The fraction of sp³-hybridized carbons (Fsp3) is 0.235. The van der Waals surface area contributed by atoms with Crippen molar-refractivity contribution in [3.63, 3.8) is 0 Å². The number of aromatic nitrogens is 3. The molecule has 0 atom stereocenters. The molecule has 5 nitrogen and oxygen atoms in total. The molecule has 0 unspecified atom stereocenters. The summed E-state index contributed by atoms with van der Waals surface area (Å²) in [6.45, 7) is 0. The zero-order valence-corrected chi connectivity index (χ0v) is 13.6. The maximum atomic E-state index is 10.8. The van der Waals surface area contributed by atoms with Crippen LogP contribution >= 0.6 is 11.3 Å². The molecule has 2 aromatic heterocycles. The smallest absolute Gasteiger partial charge is 0.303 e. The molecule has 23 heavy (non-hydrogen) atoms. The first-order chi connectivity index (χ1) is 11.1. The first-order valence-corrected chi connectivity index (χ1v) is 8.21. The van der Waals surface area contributed by atoms with Crippen molar-refractivity contribution in [3.05, 3.63) is 47.2 Å². The van der Waals surface area contributed by atoms with Crippen molar-refractivity contribution in [2.45, 2.75) is 19.3 Å². The number of thiazole rings is 1. The van der Waals surface area contributed by atoms with E-state index in [1.54, 1.807) is 22.2 Å². The third kappa shape index (κ3) is 3.65. The Morgan fingerprint density at radius 3 is 2.83 bits per heavy atom. The van der Waals surface area contributed by atoms with E-state index < -0.39 is 5.97 Å². The van der Waals surface area contributed by atoms with Gasteiger partial charge in [-0.3, -0.25) is 9.48 Å². The fourth-order valence-corrected chi connectivity index (χ4v) is 3.39. The number of fused-ring (bicyclic) bond motifs is 1. The minimum atomic E-state index is -0.769. The summed E-state index contributed by atoms with van der Waals surface area (Å²) in [4.78, 5) is 15.5. The Bertz CT molecular complexity index is 830. The van der Waals surface area contributed by atoms with Crippen molar-refractivity contribution in [1.82, 2.24) is 14.8 Å². The molecule has 3 rings (SSSR count). The van der Waals surface area contributed by atoms with Gasteiger partial charge in [0.05, 0.1) is 15.9 Å². The summed E-state index contributed by atoms with van der Waals surface area (Å²) >= 11 is 1.64. The number of nitrogens with zero attached hydrogens (tertiary/aromatic N) is 3. The molecule has 0 saturated heterocycles. The van der Waals surface area contributed by atoms with Crippen molar-refractivity contribution in [3.8, 4) is 0 Å². The van der Waals surface area contributed by atoms with Crippen LogP contribution < -0.4 is 0 Å². The summed E-state index contributed by atoms with van der Waals surface area (Å²) in [6.07, 6.45) is 5.23. The molecule has 1 aromatic carbocycles. The molecule has 0 amide bonds. The molecule has 1 N–H and O–H groups in total. The monoisotopic (exact) mass is 327 g/mol. The van der Waals surface area contributed by atoms with Crippen molar-refractivity contribution >= 4 is 39.2 Å². The van der Waals surface area contributed by atoms with Gasteiger partial charge in [-0.25, -0.2) is 4.98 Å². The van der Waals surface area contributed by atoms with Gasteiger partial charge in [0, 0.05) is 19.7 Å². The van der Waals surface area contributed by atoms with E-state index in [2.05, 4.69) is 11.2 Å². The lowest BCUT2D eigenvalue weighted by molar-refractivity contribution is -0.137. The van der Waals surface area contributed by atoms with Gasteiger partial charge in [0.1, 0.15) is 5.01 Å². The molecule has 0 aliphatic carbocycles. The Hall–Kier alpha value is -2.47. The van der Waals surface area contributed by atoms with E-state index in [-0.39, 0.29) is 6.42 Å². The molecule has 0 spiro atoms.